The molecule has 2 amide bonds. The summed E-state index contributed by atoms with van der Waals surface area (Å²) < 4.78 is 5.61. The third-order valence-electron chi connectivity index (χ3n) is 6.08. The van der Waals surface area contributed by atoms with E-state index in [0.29, 0.717) is 35.8 Å². The molecule has 4 rings (SSSR count). The number of aryl methyl sites for hydroxylation is 1. The number of ether oxygens (including phenoxy) is 1. The van der Waals surface area contributed by atoms with E-state index in [1.807, 2.05) is 24.0 Å². The van der Waals surface area contributed by atoms with Gasteiger partial charge in [-0.2, -0.15) is 0 Å². The van der Waals surface area contributed by atoms with Gasteiger partial charge in [0.15, 0.2) is 0 Å². The van der Waals surface area contributed by atoms with Crippen molar-refractivity contribution in [1.82, 2.24) is 15.2 Å². The number of hydrogen-bond acceptors (Lipinski definition) is 4. The van der Waals surface area contributed by atoms with Crippen LogP contribution in [0.25, 0.3) is 0 Å². The molecule has 0 spiro atoms. The lowest BCUT2D eigenvalue weighted by molar-refractivity contribution is 0.0710. The van der Waals surface area contributed by atoms with Gasteiger partial charge in [-0.05, 0) is 69.0 Å². The van der Waals surface area contributed by atoms with Crippen molar-refractivity contribution >= 4 is 23.4 Å². The third kappa shape index (κ3) is 5.25. The van der Waals surface area contributed by atoms with E-state index < -0.39 is 0 Å². The number of carbonyl (C=O) groups is 2. The SMILES string of the molecule is Cc1ccc(C(=O)NCC2CCCO2)c(C2CCN(C(=O)c3ccc(Cl)cc3)CC2)n1. The van der Waals surface area contributed by atoms with Crippen molar-refractivity contribution < 1.29 is 14.3 Å². The maximum Gasteiger partial charge on any atom is 0.253 e. The molecule has 1 N–H and O–H groups in total. The molecular weight excluding hydrogens is 414 g/mol. The average Bonchev–Trinajstić information content (AvgIpc) is 3.31. The van der Waals surface area contributed by atoms with Crippen LogP contribution < -0.4 is 5.32 Å². The van der Waals surface area contributed by atoms with E-state index in [-0.39, 0.29) is 23.8 Å². The first-order valence-electron chi connectivity index (χ1n) is 10.9. The monoisotopic (exact) mass is 441 g/mol. The summed E-state index contributed by atoms with van der Waals surface area (Å²) in [6.45, 7) is 4.51. The second-order valence-electron chi connectivity index (χ2n) is 8.30. The van der Waals surface area contributed by atoms with Crippen LogP contribution in [-0.2, 0) is 4.74 Å². The maximum atomic E-state index is 12.9. The molecule has 164 valence electrons. The molecule has 2 aliphatic heterocycles. The molecule has 1 atom stereocenters. The average molecular weight is 442 g/mol. The fraction of sp³-hybridized carbons (Fsp3) is 0.458. The zero-order valence-electron chi connectivity index (χ0n) is 17.8. The lowest BCUT2D eigenvalue weighted by Crippen LogP contribution is -2.39. The predicted molar refractivity (Wildman–Crippen MR) is 120 cm³/mol. The third-order valence-corrected chi connectivity index (χ3v) is 6.33. The molecule has 0 saturated carbocycles. The van der Waals surface area contributed by atoms with Crippen molar-refractivity contribution in [1.29, 1.82) is 0 Å². The normalized spacial score (nSPS) is 19.4. The second kappa shape index (κ2) is 9.79. The number of halogens is 1. The highest BCUT2D eigenvalue weighted by molar-refractivity contribution is 6.30. The summed E-state index contributed by atoms with van der Waals surface area (Å²) in [5, 5.41) is 3.63. The van der Waals surface area contributed by atoms with Gasteiger partial charge >= 0.3 is 0 Å². The van der Waals surface area contributed by atoms with Gasteiger partial charge in [0.25, 0.3) is 11.8 Å². The number of nitrogens with one attached hydrogen (secondary N) is 1. The van der Waals surface area contributed by atoms with E-state index in [9.17, 15) is 9.59 Å². The van der Waals surface area contributed by atoms with Gasteiger partial charge in [-0.3, -0.25) is 14.6 Å². The molecular formula is C24H28ClN3O3. The molecule has 3 heterocycles. The number of piperidine rings is 1. The molecule has 2 aliphatic rings. The number of rotatable bonds is 5. The van der Waals surface area contributed by atoms with E-state index in [1.165, 1.54) is 0 Å². The Morgan fingerprint density at radius 1 is 1.13 bits per heavy atom. The number of amides is 2. The van der Waals surface area contributed by atoms with Gasteiger partial charge in [-0.1, -0.05) is 11.6 Å². The zero-order valence-corrected chi connectivity index (χ0v) is 18.5. The summed E-state index contributed by atoms with van der Waals surface area (Å²) >= 11 is 5.93. The number of pyridine rings is 1. The summed E-state index contributed by atoms with van der Waals surface area (Å²) in [6, 6.07) is 10.7. The summed E-state index contributed by atoms with van der Waals surface area (Å²) in [6.07, 6.45) is 3.70. The van der Waals surface area contributed by atoms with E-state index >= 15 is 0 Å². The number of aromatic nitrogens is 1. The van der Waals surface area contributed by atoms with E-state index in [0.717, 1.165) is 43.7 Å². The first-order valence-corrected chi connectivity index (χ1v) is 11.3. The molecule has 1 unspecified atom stereocenters. The number of benzene rings is 1. The lowest BCUT2D eigenvalue weighted by atomic mass is 9.89. The van der Waals surface area contributed by atoms with Crippen LogP contribution in [0.2, 0.25) is 5.02 Å². The molecule has 2 saturated heterocycles. The fourth-order valence-electron chi connectivity index (χ4n) is 4.32. The van der Waals surface area contributed by atoms with Crippen LogP contribution in [0, 0.1) is 6.92 Å². The quantitative estimate of drug-likeness (QED) is 0.762. The summed E-state index contributed by atoms with van der Waals surface area (Å²) in [5.41, 5.74) is 3.01. The van der Waals surface area contributed by atoms with Crippen molar-refractivity contribution in [3.05, 3.63) is 63.9 Å². The molecule has 7 heteroatoms. The van der Waals surface area contributed by atoms with Crippen LogP contribution in [0.3, 0.4) is 0 Å². The van der Waals surface area contributed by atoms with Crippen LogP contribution >= 0.6 is 11.6 Å². The van der Waals surface area contributed by atoms with Gasteiger partial charge in [0.05, 0.1) is 17.4 Å². The fourth-order valence-corrected chi connectivity index (χ4v) is 4.44. The van der Waals surface area contributed by atoms with Gasteiger partial charge in [0.2, 0.25) is 0 Å². The van der Waals surface area contributed by atoms with Crippen molar-refractivity contribution in [2.75, 3.05) is 26.2 Å². The Morgan fingerprint density at radius 3 is 2.55 bits per heavy atom. The highest BCUT2D eigenvalue weighted by atomic mass is 35.5. The summed E-state index contributed by atoms with van der Waals surface area (Å²) in [4.78, 5) is 32.3. The van der Waals surface area contributed by atoms with Crippen LogP contribution in [-0.4, -0.2) is 54.0 Å². The minimum absolute atomic E-state index is 0.0156. The van der Waals surface area contributed by atoms with Crippen molar-refractivity contribution in [2.45, 2.75) is 44.6 Å². The minimum Gasteiger partial charge on any atom is -0.376 e. The van der Waals surface area contributed by atoms with E-state index in [2.05, 4.69) is 5.32 Å². The molecule has 0 aliphatic carbocycles. The van der Waals surface area contributed by atoms with Gasteiger partial charge in [0, 0.05) is 48.4 Å². The highest BCUT2D eigenvalue weighted by Gasteiger charge is 2.28. The molecule has 0 bridgehead atoms. The number of carbonyl (C=O) groups excluding carboxylic acids is 2. The van der Waals surface area contributed by atoms with Crippen molar-refractivity contribution in [2.24, 2.45) is 0 Å². The molecule has 2 aromatic rings. The number of hydrogen-bond donors (Lipinski definition) is 1. The highest BCUT2D eigenvalue weighted by Crippen LogP contribution is 2.30. The first kappa shape index (κ1) is 21.8. The Hall–Kier alpha value is -2.44. The van der Waals surface area contributed by atoms with Gasteiger partial charge < -0.3 is 15.0 Å². The molecule has 2 fully saturated rings. The summed E-state index contributed by atoms with van der Waals surface area (Å²) in [5.74, 6) is 0.0668. The topological polar surface area (TPSA) is 71.5 Å². The molecule has 31 heavy (non-hydrogen) atoms. The Morgan fingerprint density at radius 2 is 1.87 bits per heavy atom. The lowest BCUT2D eigenvalue weighted by Gasteiger charge is -2.32. The van der Waals surface area contributed by atoms with Crippen LogP contribution in [0.4, 0.5) is 0 Å². The van der Waals surface area contributed by atoms with Crippen molar-refractivity contribution in [3.63, 3.8) is 0 Å². The summed E-state index contributed by atoms with van der Waals surface area (Å²) in [7, 11) is 0. The van der Waals surface area contributed by atoms with Crippen LogP contribution in [0.15, 0.2) is 36.4 Å². The van der Waals surface area contributed by atoms with Crippen molar-refractivity contribution in [3.8, 4) is 0 Å². The smallest absolute Gasteiger partial charge is 0.253 e. The molecule has 1 aromatic heterocycles. The number of likely N-dealkylation sites (tertiary alicyclic amines) is 1. The molecule has 6 nitrogen and oxygen atoms in total. The van der Waals surface area contributed by atoms with Crippen LogP contribution in [0.5, 0.6) is 0 Å². The maximum absolute atomic E-state index is 12.9. The Balaban J connectivity index is 1.41. The largest absolute Gasteiger partial charge is 0.376 e. The predicted octanol–water partition coefficient (Wildman–Crippen LogP) is 3.97. The molecule has 0 radical (unpaired) electrons. The Labute approximate surface area is 187 Å². The standard InChI is InChI=1S/C24H28ClN3O3/c1-16-4-9-21(23(29)26-15-20-3-2-14-31-20)22(27-16)17-10-12-28(13-11-17)24(30)18-5-7-19(25)8-6-18/h4-9,17,20H,2-3,10-15H2,1H3,(H,26,29). The van der Waals surface area contributed by atoms with Gasteiger partial charge in [-0.25, -0.2) is 0 Å². The first-order chi connectivity index (χ1) is 15.0. The van der Waals surface area contributed by atoms with Gasteiger partial charge in [0.1, 0.15) is 0 Å². The van der Waals surface area contributed by atoms with E-state index in [4.69, 9.17) is 21.3 Å². The minimum atomic E-state index is -0.0994. The van der Waals surface area contributed by atoms with Gasteiger partial charge in [-0.15, -0.1) is 0 Å². The zero-order chi connectivity index (χ0) is 21.8. The number of nitrogens with zero attached hydrogens (tertiary/aromatic N) is 2. The Kier molecular flexibility index (Phi) is 6.88. The van der Waals surface area contributed by atoms with Crippen LogP contribution in [0.1, 0.15) is 63.7 Å². The molecule has 1 aromatic carbocycles. The second-order valence-corrected chi connectivity index (χ2v) is 8.74. The van der Waals surface area contributed by atoms with E-state index in [1.54, 1.807) is 24.3 Å². The Bertz CT molecular complexity index is 934.